The van der Waals surface area contributed by atoms with Crippen molar-refractivity contribution in [1.82, 2.24) is 15.2 Å². The van der Waals surface area contributed by atoms with Crippen LogP contribution >= 0.6 is 11.8 Å². The minimum absolute atomic E-state index is 0.0755. The molecule has 0 unspecified atom stereocenters. The van der Waals surface area contributed by atoms with Crippen molar-refractivity contribution in [3.63, 3.8) is 0 Å². The highest BCUT2D eigenvalue weighted by Crippen LogP contribution is 2.21. The molecule has 3 aromatic rings. The molecule has 0 spiro atoms. The van der Waals surface area contributed by atoms with Crippen molar-refractivity contribution in [2.45, 2.75) is 5.16 Å². The number of benzene rings is 2. The summed E-state index contributed by atoms with van der Waals surface area (Å²) in [6, 6.07) is 12.4. The van der Waals surface area contributed by atoms with E-state index in [9.17, 15) is 14.0 Å². The van der Waals surface area contributed by atoms with E-state index in [-0.39, 0.29) is 11.7 Å². The maximum Gasteiger partial charge on any atom is 0.248 e. The maximum atomic E-state index is 13.7. The molecule has 0 aliphatic rings. The second-order valence-electron chi connectivity index (χ2n) is 5.22. The Labute approximate surface area is 152 Å². The summed E-state index contributed by atoms with van der Waals surface area (Å²) >= 11 is 1.12. The smallest absolute Gasteiger partial charge is 0.248 e. The first-order chi connectivity index (χ1) is 12.5. The summed E-state index contributed by atoms with van der Waals surface area (Å²) in [6.45, 7) is 0. The summed E-state index contributed by atoms with van der Waals surface area (Å²) in [7, 11) is 0. The number of nitrogens with one attached hydrogen (secondary N) is 2. The summed E-state index contributed by atoms with van der Waals surface area (Å²) in [5.41, 5.74) is 6.38. The van der Waals surface area contributed by atoms with Crippen molar-refractivity contribution >= 4 is 29.3 Å². The highest BCUT2D eigenvalue weighted by molar-refractivity contribution is 7.99. The molecular formula is C17H14FN5O2S. The third-order valence-corrected chi connectivity index (χ3v) is 4.23. The number of aromatic nitrogens is 3. The maximum absolute atomic E-state index is 13.7. The number of aromatic amines is 1. The van der Waals surface area contributed by atoms with E-state index in [1.807, 2.05) is 0 Å². The molecule has 9 heteroatoms. The predicted octanol–water partition coefficient (Wildman–Crippen LogP) is 2.44. The fraction of sp³-hybridized carbons (Fsp3) is 0.0588. The number of rotatable bonds is 6. The SMILES string of the molecule is NC(=O)c1ccc(NC(=O)CSc2n[nH]c(-c3ccccc3F)n2)cc1. The van der Waals surface area contributed by atoms with Gasteiger partial charge in [0.05, 0.1) is 11.3 Å². The Morgan fingerprint density at radius 1 is 1.15 bits per heavy atom. The Balaban J connectivity index is 1.56. The van der Waals surface area contributed by atoms with Crippen molar-refractivity contribution in [2.75, 3.05) is 11.1 Å². The number of amides is 2. The van der Waals surface area contributed by atoms with Gasteiger partial charge in [-0.15, -0.1) is 5.10 Å². The number of carbonyl (C=O) groups is 2. The molecule has 2 aromatic carbocycles. The van der Waals surface area contributed by atoms with Crippen LogP contribution in [0.15, 0.2) is 53.7 Å². The Morgan fingerprint density at radius 2 is 1.88 bits per heavy atom. The zero-order valence-electron chi connectivity index (χ0n) is 13.4. The second-order valence-corrected chi connectivity index (χ2v) is 6.17. The fourth-order valence-electron chi connectivity index (χ4n) is 2.13. The van der Waals surface area contributed by atoms with Gasteiger partial charge in [0.15, 0.2) is 5.82 Å². The number of halogens is 1. The van der Waals surface area contributed by atoms with Crippen LogP contribution in [-0.2, 0) is 4.79 Å². The number of nitrogens with zero attached hydrogens (tertiary/aromatic N) is 2. The molecule has 0 saturated heterocycles. The van der Waals surface area contributed by atoms with Crippen molar-refractivity contribution in [3.8, 4) is 11.4 Å². The van der Waals surface area contributed by atoms with E-state index in [2.05, 4.69) is 20.5 Å². The van der Waals surface area contributed by atoms with Crippen LogP contribution in [0.3, 0.4) is 0 Å². The fourth-order valence-corrected chi connectivity index (χ4v) is 2.73. The molecule has 26 heavy (non-hydrogen) atoms. The van der Waals surface area contributed by atoms with E-state index < -0.39 is 11.7 Å². The van der Waals surface area contributed by atoms with Gasteiger partial charge < -0.3 is 11.1 Å². The summed E-state index contributed by atoms with van der Waals surface area (Å²) in [6.07, 6.45) is 0. The van der Waals surface area contributed by atoms with Gasteiger partial charge in [0.25, 0.3) is 0 Å². The molecule has 3 rings (SSSR count). The minimum atomic E-state index is -0.534. The first-order valence-corrected chi connectivity index (χ1v) is 8.51. The van der Waals surface area contributed by atoms with E-state index in [4.69, 9.17) is 5.73 Å². The molecule has 0 aliphatic carbocycles. The van der Waals surface area contributed by atoms with Gasteiger partial charge in [-0.2, -0.15) is 0 Å². The van der Waals surface area contributed by atoms with Gasteiger partial charge in [-0.1, -0.05) is 23.9 Å². The van der Waals surface area contributed by atoms with Gasteiger partial charge in [0.1, 0.15) is 5.82 Å². The molecule has 132 valence electrons. The monoisotopic (exact) mass is 371 g/mol. The number of thioether (sulfide) groups is 1. The highest BCUT2D eigenvalue weighted by atomic mass is 32.2. The Morgan fingerprint density at radius 3 is 2.58 bits per heavy atom. The largest absolute Gasteiger partial charge is 0.366 e. The third kappa shape index (κ3) is 4.25. The first-order valence-electron chi connectivity index (χ1n) is 7.53. The molecular weight excluding hydrogens is 357 g/mol. The average Bonchev–Trinajstić information content (AvgIpc) is 3.09. The molecule has 1 heterocycles. The Bertz CT molecular complexity index is 942. The standard InChI is InChI=1S/C17H14FN5O2S/c18-13-4-2-1-3-12(13)16-21-17(23-22-16)26-9-14(24)20-11-7-5-10(6-8-11)15(19)25/h1-8H,9H2,(H2,19,25)(H,20,24)(H,21,22,23). The minimum Gasteiger partial charge on any atom is -0.366 e. The van der Waals surface area contributed by atoms with E-state index in [1.54, 1.807) is 30.3 Å². The molecule has 0 saturated carbocycles. The Kier molecular flexibility index (Phi) is 5.28. The van der Waals surface area contributed by atoms with Crippen molar-refractivity contribution in [1.29, 1.82) is 0 Å². The van der Waals surface area contributed by atoms with Gasteiger partial charge in [-0.25, -0.2) is 9.37 Å². The molecule has 0 fully saturated rings. The topological polar surface area (TPSA) is 114 Å². The van der Waals surface area contributed by atoms with Gasteiger partial charge in [0.2, 0.25) is 17.0 Å². The van der Waals surface area contributed by atoms with Crippen LogP contribution in [0.5, 0.6) is 0 Å². The van der Waals surface area contributed by atoms with Crippen LogP contribution in [0.25, 0.3) is 11.4 Å². The molecule has 0 atom stereocenters. The molecule has 2 amide bonds. The lowest BCUT2D eigenvalue weighted by Crippen LogP contribution is -2.15. The lowest BCUT2D eigenvalue weighted by atomic mass is 10.2. The molecule has 0 bridgehead atoms. The number of nitrogens with two attached hydrogens (primary N) is 1. The lowest BCUT2D eigenvalue weighted by molar-refractivity contribution is -0.113. The van der Waals surface area contributed by atoms with Crippen molar-refractivity contribution < 1.29 is 14.0 Å². The number of carbonyl (C=O) groups excluding carboxylic acids is 2. The lowest BCUT2D eigenvalue weighted by Gasteiger charge is -2.04. The molecule has 0 aliphatic heterocycles. The van der Waals surface area contributed by atoms with E-state index in [1.165, 1.54) is 18.2 Å². The van der Waals surface area contributed by atoms with Crippen LogP contribution in [0.4, 0.5) is 10.1 Å². The summed E-state index contributed by atoms with van der Waals surface area (Å²) in [4.78, 5) is 27.2. The van der Waals surface area contributed by atoms with Crippen LogP contribution in [-0.4, -0.2) is 32.7 Å². The average molecular weight is 371 g/mol. The quantitative estimate of drug-likeness (QED) is 0.576. The Hall–Kier alpha value is -3.20. The predicted molar refractivity (Wildman–Crippen MR) is 96.1 cm³/mol. The summed E-state index contributed by atoms with van der Waals surface area (Å²) < 4.78 is 13.7. The molecule has 4 N–H and O–H groups in total. The molecule has 7 nitrogen and oxygen atoms in total. The number of H-pyrrole nitrogens is 1. The van der Waals surface area contributed by atoms with Crippen molar-refractivity contribution in [2.24, 2.45) is 5.73 Å². The van der Waals surface area contributed by atoms with Gasteiger partial charge in [-0.3, -0.25) is 14.7 Å². The van der Waals surface area contributed by atoms with Crippen LogP contribution < -0.4 is 11.1 Å². The third-order valence-electron chi connectivity index (χ3n) is 3.38. The van der Waals surface area contributed by atoms with Crippen LogP contribution in [0, 0.1) is 5.82 Å². The summed E-state index contributed by atoms with van der Waals surface area (Å²) in [5, 5.41) is 9.65. The van der Waals surface area contributed by atoms with Gasteiger partial charge >= 0.3 is 0 Å². The highest BCUT2D eigenvalue weighted by Gasteiger charge is 2.12. The van der Waals surface area contributed by atoms with E-state index >= 15 is 0 Å². The number of primary amides is 1. The summed E-state index contributed by atoms with van der Waals surface area (Å²) in [5.74, 6) is -0.829. The number of hydrogen-bond donors (Lipinski definition) is 3. The second kappa shape index (κ2) is 7.79. The zero-order chi connectivity index (χ0) is 18.5. The molecule has 0 radical (unpaired) electrons. The van der Waals surface area contributed by atoms with Crippen LogP contribution in [0.2, 0.25) is 0 Å². The van der Waals surface area contributed by atoms with Crippen molar-refractivity contribution in [3.05, 3.63) is 59.9 Å². The normalized spacial score (nSPS) is 10.5. The first kappa shape index (κ1) is 17.6. The van der Waals surface area contributed by atoms with Gasteiger partial charge in [-0.05, 0) is 36.4 Å². The van der Waals surface area contributed by atoms with Gasteiger partial charge in [0, 0.05) is 11.3 Å². The molecule has 1 aromatic heterocycles. The number of anilines is 1. The van der Waals surface area contributed by atoms with Crippen LogP contribution in [0.1, 0.15) is 10.4 Å². The number of hydrogen-bond acceptors (Lipinski definition) is 5. The van der Waals surface area contributed by atoms with E-state index in [0.717, 1.165) is 11.8 Å². The van der Waals surface area contributed by atoms with E-state index in [0.29, 0.717) is 27.8 Å². The zero-order valence-corrected chi connectivity index (χ0v) is 14.2.